The van der Waals surface area contributed by atoms with E-state index in [1.54, 1.807) is 0 Å². The Bertz CT molecular complexity index is 127. The lowest BCUT2D eigenvalue weighted by molar-refractivity contribution is 0.285. The van der Waals surface area contributed by atoms with Crippen LogP contribution in [0.25, 0.3) is 0 Å². The second-order valence-corrected chi connectivity index (χ2v) is 4.52. The predicted octanol–water partition coefficient (Wildman–Crippen LogP) is 3.20. The molecule has 1 heteroatoms. The van der Waals surface area contributed by atoms with Crippen LogP contribution in [0.3, 0.4) is 0 Å². The van der Waals surface area contributed by atoms with E-state index in [1.165, 1.54) is 32.1 Å². The maximum absolute atomic E-state index is 3.66. The summed E-state index contributed by atoms with van der Waals surface area (Å²) in [6, 6.07) is 0.799. The summed E-state index contributed by atoms with van der Waals surface area (Å²) < 4.78 is 0. The van der Waals surface area contributed by atoms with Gasteiger partial charge in [0.25, 0.3) is 0 Å². The lowest BCUT2D eigenvalue weighted by Crippen LogP contribution is -2.37. The van der Waals surface area contributed by atoms with Crippen LogP contribution in [0.5, 0.6) is 0 Å². The van der Waals surface area contributed by atoms with Crippen LogP contribution in [-0.4, -0.2) is 12.6 Å². The van der Waals surface area contributed by atoms with E-state index in [4.69, 9.17) is 0 Å². The zero-order valence-corrected chi connectivity index (χ0v) is 9.47. The van der Waals surface area contributed by atoms with E-state index in [2.05, 4.69) is 26.1 Å². The van der Waals surface area contributed by atoms with Gasteiger partial charge in [0.2, 0.25) is 0 Å². The molecule has 0 aromatic rings. The number of hydrogen-bond donors (Lipinski definition) is 1. The molecule has 1 saturated carbocycles. The van der Waals surface area contributed by atoms with Crippen LogP contribution in [-0.2, 0) is 0 Å². The highest BCUT2D eigenvalue weighted by atomic mass is 14.9. The Balaban J connectivity index is 2.42. The van der Waals surface area contributed by atoms with Crippen molar-refractivity contribution in [2.45, 2.75) is 58.9 Å². The highest BCUT2D eigenvalue weighted by Gasteiger charge is 2.29. The first kappa shape index (κ1) is 11.0. The molecule has 13 heavy (non-hydrogen) atoms. The van der Waals surface area contributed by atoms with Gasteiger partial charge in [0.15, 0.2) is 0 Å². The molecule has 3 unspecified atom stereocenters. The Labute approximate surface area is 83.3 Å². The van der Waals surface area contributed by atoms with Crippen LogP contribution in [0.15, 0.2) is 0 Å². The summed E-state index contributed by atoms with van der Waals surface area (Å²) in [6.45, 7) is 8.08. The number of nitrogens with one attached hydrogen (secondary N) is 1. The summed E-state index contributed by atoms with van der Waals surface area (Å²) in [5, 5.41) is 3.66. The average Bonchev–Trinajstić information content (AvgIpc) is 2.51. The molecule has 1 N–H and O–H groups in total. The van der Waals surface area contributed by atoms with Crippen molar-refractivity contribution in [1.29, 1.82) is 0 Å². The van der Waals surface area contributed by atoms with Crippen molar-refractivity contribution in [1.82, 2.24) is 5.32 Å². The first-order valence-corrected chi connectivity index (χ1v) is 6.03. The summed E-state index contributed by atoms with van der Waals surface area (Å²) in [4.78, 5) is 0. The second-order valence-electron chi connectivity index (χ2n) is 4.52. The Hall–Kier alpha value is -0.0400. The van der Waals surface area contributed by atoms with Gasteiger partial charge in [0, 0.05) is 6.04 Å². The normalized spacial score (nSPS) is 30.7. The molecule has 3 atom stereocenters. The first-order valence-electron chi connectivity index (χ1n) is 6.03. The fourth-order valence-electron chi connectivity index (χ4n) is 2.81. The van der Waals surface area contributed by atoms with Crippen molar-refractivity contribution in [3.05, 3.63) is 0 Å². The number of hydrogen-bond acceptors (Lipinski definition) is 1. The highest BCUT2D eigenvalue weighted by molar-refractivity contribution is 4.84. The Morgan fingerprint density at radius 2 is 2.08 bits per heavy atom. The lowest BCUT2D eigenvalue weighted by Gasteiger charge is -2.27. The van der Waals surface area contributed by atoms with Crippen LogP contribution in [0, 0.1) is 11.8 Å². The third-order valence-corrected chi connectivity index (χ3v) is 3.51. The van der Waals surface area contributed by atoms with Gasteiger partial charge in [-0.2, -0.15) is 0 Å². The van der Waals surface area contributed by atoms with E-state index in [0.717, 1.165) is 24.4 Å². The lowest BCUT2D eigenvalue weighted by atomic mass is 9.88. The average molecular weight is 183 g/mol. The molecular weight excluding hydrogens is 158 g/mol. The zero-order valence-electron chi connectivity index (χ0n) is 9.47. The highest BCUT2D eigenvalue weighted by Crippen LogP contribution is 2.34. The van der Waals surface area contributed by atoms with Crippen LogP contribution in [0.1, 0.15) is 52.9 Å². The minimum absolute atomic E-state index is 0.799. The predicted molar refractivity (Wildman–Crippen MR) is 58.9 cm³/mol. The summed E-state index contributed by atoms with van der Waals surface area (Å²) >= 11 is 0. The molecule has 1 fully saturated rings. The second kappa shape index (κ2) is 5.64. The van der Waals surface area contributed by atoms with Crippen molar-refractivity contribution in [2.75, 3.05) is 6.54 Å². The van der Waals surface area contributed by atoms with Crippen molar-refractivity contribution >= 4 is 0 Å². The fourth-order valence-corrected chi connectivity index (χ4v) is 2.81. The van der Waals surface area contributed by atoms with Gasteiger partial charge in [0.1, 0.15) is 0 Å². The van der Waals surface area contributed by atoms with E-state index >= 15 is 0 Å². The number of rotatable bonds is 5. The molecular formula is C12H25N. The monoisotopic (exact) mass is 183 g/mol. The SMILES string of the molecule is CCCC(NCC)C1CCCC1C. The van der Waals surface area contributed by atoms with E-state index in [9.17, 15) is 0 Å². The minimum atomic E-state index is 0.799. The molecule has 78 valence electrons. The molecule has 0 aromatic carbocycles. The van der Waals surface area contributed by atoms with Gasteiger partial charge in [-0.15, -0.1) is 0 Å². The van der Waals surface area contributed by atoms with E-state index in [1.807, 2.05) is 0 Å². The van der Waals surface area contributed by atoms with E-state index in [-0.39, 0.29) is 0 Å². The molecule has 0 amide bonds. The first-order chi connectivity index (χ1) is 6.29. The van der Waals surface area contributed by atoms with Gasteiger partial charge in [0.05, 0.1) is 0 Å². The molecule has 0 saturated heterocycles. The summed E-state index contributed by atoms with van der Waals surface area (Å²) in [5.74, 6) is 1.91. The van der Waals surface area contributed by atoms with E-state index < -0.39 is 0 Å². The van der Waals surface area contributed by atoms with Crippen LogP contribution < -0.4 is 5.32 Å². The molecule has 1 aliphatic rings. The third-order valence-electron chi connectivity index (χ3n) is 3.51. The van der Waals surface area contributed by atoms with Crippen LogP contribution >= 0.6 is 0 Å². The summed E-state index contributed by atoms with van der Waals surface area (Å²) in [5.41, 5.74) is 0. The molecule has 0 aliphatic heterocycles. The molecule has 0 aromatic heterocycles. The Morgan fingerprint density at radius 3 is 2.54 bits per heavy atom. The van der Waals surface area contributed by atoms with E-state index in [0.29, 0.717) is 0 Å². The van der Waals surface area contributed by atoms with Gasteiger partial charge in [-0.25, -0.2) is 0 Å². The zero-order chi connectivity index (χ0) is 9.68. The van der Waals surface area contributed by atoms with Crippen LogP contribution in [0.2, 0.25) is 0 Å². The quantitative estimate of drug-likeness (QED) is 0.690. The standard InChI is InChI=1S/C12H25N/c1-4-7-12(13-5-2)11-9-6-8-10(11)3/h10-13H,4-9H2,1-3H3. The molecule has 0 heterocycles. The maximum atomic E-state index is 3.66. The third kappa shape index (κ3) is 2.98. The summed E-state index contributed by atoms with van der Waals surface area (Å²) in [6.07, 6.45) is 7.05. The van der Waals surface area contributed by atoms with Gasteiger partial charge < -0.3 is 5.32 Å². The molecule has 0 spiro atoms. The van der Waals surface area contributed by atoms with Gasteiger partial charge in [-0.05, 0) is 31.2 Å². The largest absolute Gasteiger partial charge is 0.314 e. The van der Waals surface area contributed by atoms with Crippen molar-refractivity contribution in [3.8, 4) is 0 Å². The van der Waals surface area contributed by atoms with Gasteiger partial charge >= 0.3 is 0 Å². The van der Waals surface area contributed by atoms with Crippen molar-refractivity contribution in [2.24, 2.45) is 11.8 Å². The Morgan fingerprint density at radius 1 is 1.31 bits per heavy atom. The topological polar surface area (TPSA) is 12.0 Å². The molecule has 1 rings (SSSR count). The van der Waals surface area contributed by atoms with Crippen LogP contribution in [0.4, 0.5) is 0 Å². The smallest absolute Gasteiger partial charge is 0.00976 e. The minimum Gasteiger partial charge on any atom is -0.314 e. The van der Waals surface area contributed by atoms with Gasteiger partial charge in [-0.3, -0.25) is 0 Å². The molecule has 1 aliphatic carbocycles. The molecule has 1 nitrogen and oxygen atoms in total. The Kier molecular flexibility index (Phi) is 4.79. The van der Waals surface area contributed by atoms with Crippen molar-refractivity contribution < 1.29 is 0 Å². The summed E-state index contributed by atoms with van der Waals surface area (Å²) in [7, 11) is 0. The van der Waals surface area contributed by atoms with Gasteiger partial charge in [-0.1, -0.05) is 40.0 Å². The molecule has 0 bridgehead atoms. The fraction of sp³-hybridized carbons (Fsp3) is 1.00. The molecule has 0 radical (unpaired) electrons. The maximum Gasteiger partial charge on any atom is 0.00976 e. The van der Waals surface area contributed by atoms with Crippen molar-refractivity contribution in [3.63, 3.8) is 0 Å².